The Hall–Kier alpha value is -2.49. The third kappa shape index (κ3) is 7.78. The Balaban J connectivity index is 2.41. The first-order valence-electron chi connectivity index (χ1n) is 10.5. The molecule has 0 saturated heterocycles. The van der Waals surface area contributed by atoms with E-state index in [1.54, 1.807) is 38.3 Å². The number of hydrogen-bond donors (Lipinski definition) is 1. The van der Waals surface area contributed by atoms with Gasteiger partial charge in [0, 0.05) is 22.6 Å². The molecule has 8 nitrogen and oxygen atoms in total. The van der Waals surface area contributed by atoms with Gasteiger partial charge in [-0.1, -0.05) is 35.3 Å². The second kappa shape index (κ2) is 11.8. The van der Waals surface area contributed by atoms with Crippen molar-refractivity contribution in [3.05, 3.63) is 58.1 Å². The van der Waals surface area contributed by atoms with E-state index in [4.69, 9.17) is 27.9 Å². The van der Waals surface area contributed by atoms with Crippen LogP contribution in [0.15, 0.2) is 42.5 Å². The summed E-state index contributed by atoms with van der Waals surface area (Å²) >= 11 is 12.1. The first-order chi connectivity index (χ1) is 15.8. The van der Waals surface area contributed by atoms with E-state index < -0.39 is 28.5 Å². The molecule has 2 aromatic carbocycles. The molecule has 1 atom stereocenters. The molecule has 186 valence electrons. The van der Waals surface area contributed by atoms with Gasteiger partial charge in [0.25, 0.3) is 0 Å². The summed E-state index contributed by atoms with van der Waals surface area (Å²) in [5.74, 6) is -0.273. The van der Waals surface area contributed by atoms with E-state index >= 15 is 0 Å². The van der Waals surface area contributed by atoms with Crippen molar-refractivity contribution in [2.24, 2.45) is 0 Å². The van der Waals surface area contributed by atoms with Crippen LogP contribution in [-0.2, 0) is 26.2 Å². The van der Waals surface area contributed by atoms with E-state index in [0.29, 0.717) is 5.75 Å². The highest BCUT2D eigenvalue weighted by molar-refractivity contribution is 7.92. The van der Waals surface area contributed by atoms with Crippen LogP contribution in [0.3, 0.4) is 0 Å². The summed E-state index contributed by atoms with van der Waals surface area (Å²) in [6.07, 6.45) is 0.984. The topological polar surface area (TPSA) is 96.0 Å². The predicted molar refractivity (Wildman–Crippen MR) is 135 cm³/mol. The number of anilines is 1. The van der Waals surface area contributed by atoms with Crippen molar-refractivity contribution in [3.8, 4) is 5.75 Å². The second-order valence-electron chi connectivity index (χ2n) is 8.11. The number of methoxy groups -OCH3 is 1. The third-order valence-corrected chi connectivity index (χ3v) is 6.50. The van der Waals surface area contributed by atoms with Crippen molar-refractivity contribution in [2.75, 3.05) is 24.2 Å². The van der Waals surface area contributed by atoms with Gasteiger partial charge >= 0.3 is 0 Å². The molecule has 34 heavy (non-hydrogen) atoms. The van der Waals surface area contributed by atoms with E-state index in [0.717, 1.165) is 16.1 Å². The van der Waals surface area contributed by atoms with E-state index in [2.05, 4.69) is 5.32 Å². The minimum atomic E-state index is -3.88. The molecule has 1 N–H and O–H groups in total. The lowest BCUT2D eigenvalue weighted by atomic mass is 10.1. The second-order valence-corrected chi connectivity index (χ2v) is 10.9. The Morgan fingerprint density at radius 3 is 2.06 bits per heavy atom. The van der Waals surface area contributed by atoms with E-state index in [-0.39, 0.29) is 34.2 Å². The van der Waals surface area contributed by atoms with Crippen molar-refractivity contribution in [2.45, 2.75) is 39.4 Å². The van der Waals surface area contributed by atoms with Crippen LogP contribution in [0.4, 0.5) is 5.69 Å². The maximum Gasteiger partial charge on any atom is 0.244 e. The number of amides is 2. The first-order valence-corrected chi connectivity index (χ1v) is 13.1. The SMILES string of the molecule is COc1ccc(CN(C(=O)CN(c2cc(Cl)cc(Cl)c2)S(C)(=O)=O)C(C)C(=O)NC(C)C)cc1. The highest BCUT2D eigenvalue weighted by Gasteiger charge is 2.30. The number of sulfonamides is 1. The molecule has 0 aromatic heterocycles. The summed E-state index contributed by atoms with van der Waals surface area (Å²) in [6, 6.07) is 10.3. The molecule has 0 aliphatic carbocycles. The summed E-state index contributed by atoms with van der Waals surface area (Å²) < 4.78 is 31.2. The zero-order valence-corrected chi connectivity index (χ0v) is 22.0. The molecular formula is C23H29Cl2N3O5S. The lowest BCUT2D eigenvalue weighted by Gasteiger charge is -2.32. The number of ether oxygens (including phenoxy) is 1. The normalized spacial score (nSPS) is 12.2. The Bertz CT molecular complexity index is 1100. The molecule has 0 aliphatic rings. The maximum absolute atomic E-state index is 13.5. The number of carbonyl (C=O) groups is 2. The van der Waals surface area contributed by atoms with E-state index in [1.807, 2.05) is 13.8 Å². The molecule has 11 heteroatoms. The third-order valence-electron chi connectivity index (χ3n) is 4.92. The average molecular weight is 530 g/mol. The van der Waals surface area contributed by atoms with Crippen LogP contribution in [0.25, 0.3) is 0 Å². The standard InChI is InChI=1S/C23H29Cl2N3O5S/c1-15(2)26-23(30)16(3)27(13-17-6-8-21(33-4)9-7-17)22(29)14-28(34(5,31)32)20-11-18(24)10-19(25)12-20/h6-12,15-16H,13-14H2,1-5H3,(H,26,30). The number of benzene rings is 2. The van der Waals surface area contributed by atoms with Crippen molar-refractivity contribution < 1.29 is 22.7 Å². The molecule has 0 spiro atoms. The molecule has 1 unspecified atom stereocenters. The van der Waals surface area contributed by atoms with Gasteiger partial charge in [-0.25, -0.2) is 8.42 Å². The number of hydrogen-bond acceptors (Lipinski definition) is 5. The summed E-state index contributed by atoms with van der Waals surface area (Å²) in [7, 11) is -2.33. The lowest BCUT2D eigenvalue weighted by Crippen LogP contribution is -2.52. The van der Waals surface area contributed by atoms with Crippen LogP contribution < -0.4 is 14.4 Å². The van der Waals surface area contributed by atoms with Gasteiger partial charge in [0.2, 0.25) is 21.8 Å². The largest absolute Gasteiger partial charge is 0.497 e. The number of rotatable bonds is 10. The number of carbonyl (C=O) groups excluding carboxylic acids is 2. The van der Waals surface area contributed by atoms with Gasteiger partial charge in [0.1, 0.15) is 18.3 Å². The Labute approximate surface area is 210 Å². The van der Waals surface area contributed by atoms with Crippen LogP contribution in [0, 0.1) is 0 Å². The Kier molecular flexibility index (Phi) is 9.61. The maximum atomic E-state index is 13.5. The Morgan fingerprint density at radius 1 is 1.03 bits per heavy atom. The summed E-state index contributed by atoms with van der Waals surface area (Å²) in [6.45, 7) is 4.78. The van der Waals surface area contributed by atoms with Gasteiger partial charge in [-0.2, -0.15) is 0 Å². The molecule has 0 fully saturated rings. The molecular weight excluding hydrogens is 501 g/mol. The van der Waals surface area contributed by atoms with Gasteiger partial charge in [0.15, 0.2) is 0 Å². The van der Waals surface area contributed by atoms with Crippen LogP contribution in [0.5, 0.6) is 5.75 Å². The molecule has 0 radical (unpaired) electrons. The van der Waals surface area contributed by atoms with Crippen LogP contribution in [0.1, 0.15) is 26.3 Å². The smallest absolute Gasteiger partial charge is 0.244 e. The fourth-order valence-corrected chi connectivity index (χ4v) is 4.56. The molecule has 0 heterocycles. The van der Waals surface area contributed by atoms with E-state index in [1.165, 1.54) is 23.1 Å². The molecule has 0 saturated carbocycles. The summed E-state index contributed by atoms with van der Waals surface area (Å²) in [5.41, 5.74) is 0.895. The van der Waals surface area contributed by atoms with Gasteiger partial charge in [-0.15, -0.1) is 0 Å². The molecule has 2 aromatic rings. The van der Waals surface area contributed by atoms with Gasteiger partial charge in [0.05, 0.1) is 19.1 Å². The van der Waals surface area contributed by atoms with Crippen molar-refractivity contribution >= 4 is 50.7 Å². The van der Waals surface area contributed by atoms with Crippen LogP contribution in [-0.4, -0.2) is 57.1 Å². The van der Waals surface area contributed by atoms with Crippen molar-refractivity contribution in [3.63, 3.8) is 0 Å². The lowest BCUT2D eigenvalue weighted by molar-refractivity contribution is -0.139. The zero-order valence-electron chi connectivity index (χ0n) is 19.7. The predicted octanol–water partition coefficient (Wildman–Crippen LogP) is 3.71. The molecule has 2 rings (SSSR count). The highest BCUT2D eigenvalue weighted by Crippen LogP contribution is 2.27. The fraction of sp³-hybridized carbons (Fsp3) is 0.391. The zero-order chi connectivity index (χ0) is 25.6. The minimum absolute atomic E-state index is 0.0867. The minimum Gasteiger partial charge on any atom is -0.497 e. The first kappa shape index (κ1) is 27.8. The number of nitrogens with one attached hydrogen (secondary N) is 1. The quantitative estimate of drug-likeness (QED) is 0.506. The van der Waals surface area contributed by atoms with Crippen LogP contribution >= 0.6 is 23.2 Å². The Morgan fingerprint density at radius 2 is 1.59 bits per heavy atom. The van der Waals surface area contributed by atoms with Crippen molar-refractivity contribution in [1.82, 2.24) is 10.2 Å². The van der Waals surface area contributed by atoms with E-state index in [9.17, 15) is 18.0 Å². The molecule has 2 amide bonds. The van der Waals surface area contributed by atoms with Gasteiger partial charge < -0.3 is 15.0 Å². The average Bonchev–Trinajstić information content (AvgIpc) is 2.73. The fourth-order valence-electron chi connectivity index (χ4n) is 3.21. The molecule has 0 aliphatic heterocycles. The van der Waals surface area contributed by atoms with Gasteiger partial charge in [-0.3, -0.25) is 13.9 Å². The van der Waals surface area contributed by atoms with Crippen LogP contribution in [0.2, 0.25) is 10.0 Å². The number of halogens is 2. The number of nitrogens with zero attached hydrogens (tertiary/aromatic N) is 2. The summed E-state index contributed by atoms with van der Waals surface area (Å²) in [5, 5.41) is 3.24. The van der Waals surface area contributed by atoms with Crippen molar-refractivity contribution in [1.29, 1.82) is 0 Å². The molecule has 0 bridgehead atoms. The highest BCUT2D eigenvalue weighted by atomic mass is 35.5. The summed E-state index contributed by atoms with van der Waals surface area (Å²) in [4.78, 5) is 27.5. The van der Waals surface area contributed by atoms with Gasteiger partial charge in [-0.05, 0) is 56.7 Å². The monoisotopic (exact) mass is 529 g/mol.